The molecule has 1 aliphatic rings. The Hall–Kier alpha value is -0.960. The zero-order valence-electron chi connectivity index (χ0n) is 6.46. The van der Waals surface area contributed by atoms with Crippen LogP contribution in [0, 0.1) is 0 Å². The summed E-state index contributed by atoms with van der Waals surface area (Å²) in [4.78, 5) is 3.98. The summed E-state index contributed by atoms with van der Waals surface area (Å²) in [5.74, 6) is 0.530. The van der Waals surface area contributed by atoms with Gasteiger partial charge in [-0.1, -0.05) is 11.6 Å². The molecule has 64 valence electrons. The van der Waals surface area contributed by atoms with Gasteiger partial charge in [0.1, 0.15) is 11.3 Å². The van der Waals surface area contributed by atoms with E-state index in [1.807, 2.05) is 0 Å². The van der Waals surface area contributed by atoms with Gasteiger partial charge in [-0.2, -0.15) is 0 Å². The Morgan fingerprint density at radius 2 is 2.25 bits per heavy atom. The molecule has 1 aliphatic carbocycles. The fourth-order valence-corrected chi connectivity index (χ4v) is 1.12. The highest BCUT2D eigenvalue weighted by molar-refractivity contribution is 6.29. The molecule has 1 fully saturated rings. The predicted molar refractivity (Wildman–Crippen MR) is 47.3 cm³/mol. The number of rotatable bonds is 2. The molecule has 0 atom stereocenters. The van der Waals surface area contributed by atoms with Crippen LogP contribution in [0.25, 0.3) is 0 Å². The maximum atomic E-state index is 5.68. The summed E-state index contributed by atoms with van der Waals surface area (Å²) < 4.78 is 5.41. The van der Waals surface area contributed by atoms with Gasteiger partial charge < -0.3 is 10.5 Å². The molecule has 12 heavy (non-hydrogen) atoms. The van der Waals surface area contributed by atoms with E-state index in [9.17, 15) is 0 Å². The molecule has 0 aromatic carbocycles. The molecule has 0 aliphatic heterocycles. The summed E-state index contributed by atoms with van der Waals surface area (Å²) in [5.41, 5.74) is 6.14. The van der Waals surface area contributed by atoms with Crippen molar-refractivity contribution in [3.63, 3.8) is 0 Å². The fraction of sp³-hybridized carbons (Fsp3) is 0.375. The Morgan fingerprint density at radius 1 is 1.50 bits per heavy atom. The van der Waals surface area contributed by atoms with Crippen molar-refractivity contribution in [3.8, 4) is 5.88 Å². The van der Waals surface area contributed by atoms with Crippen molar-refractivity contribution in [2.45, 2.75) is 18.9 Å². The second-order valence-corrected chi connectivity index (χ2v) is 3.27. The van der Waals surface area contributed by atoms with Gasteiger partial charge in [-0.25, -0.2) is 4.98 Å². The van der Waals surface area contributed by atoms with Crippen molar-refractivity contribution in [3.05, 3.63) is 17.3 Å². The first-order chi connectivity index (χ1) is 5.74. The zero-order chi connectivity index (χ0) is 8.55. The summed E-state index contributed by atoms with van der Waals surface area (Å²) in [5, 5.41) is 0.380. The van der Waals surface area contributed by atoms with E-state index in [0.717, 1.165) is 12.8 Å². The van der Waals surface area contributed by atoms with Crippen molar-refractivity contribution in [2.24, 2.45) is 0 Å². The fourth-order valence-electron chi connectivity index (χ4n) is 0.909. The highest BCUT2D eigenvalue weighted by Gasteiger charge is 2.24. The number of halogens is 1. The van der Waals surface area contributed by atoms with Gasteiger partial charge in [-0.3, -0.25) is 0 Å². The number of anilines is 1. The highest BCUT2D eigenvalue weighted by Crippen LogP contribution is 2.27. The lowest BCUT2D eigenvalue weighted by Gasteiger charge is -2.03. The molecule has 0 saturated heterocycles. The van der Waals surface area contributed by atoms with E-state index in [1.165, 1.54) is 0 Å². The van der Waals surface area contributed by atoms with Gasteiger partial charge in [0.05, 0.1) is 0 Å². The quantitative estimate of drug-likeness (QED) is 0.714. The molecule has 3 nitrogen and oxygen atoms in total. The average molecular weight is 185 g/mol. The van der Waals surface area contributed by atoms with Gasteiger partial charge >= 0.3 is 0 Å². The lowest BCUT2D eigenvalue weighted by atomic mass is 10.4. The van der Waals surface area contributed by atoms with Crippen molar-refractivity contribution >= 4 is 17.3 Å². The summed E-state index contributed by atoms with van der Waals surface area (Å²) >= 11 is 5.68. The number of hydrogen-bond acceptors (Lipinski definition) is 3. The van der Waals surface area contributed by atoms with Crippen LogP contribution in [0.3, 0.4) is 0 Å². The van der Waals surface area contributed by atoms with Crippen molar-refractivity contribution in [1.82, 2.24) is 4.98 Å². The van der Waals surface area contributed by atoms with Crippen LogP contribution in [-0.2, 0) is 0 Å². The van der Waals surface area contributed by atoms with Crippen LogP contribution in [0.15, 0.2) is 12.1 Å². The molecule has 0 unspecified atom stereocenters. The zero-order valence-corrected chi connectivity index (χ0v) is 7.21. The number of nitrogens with two attached hydrogens (primary N) is 1. The largest absolute Gasteiger partial charge is 0.474 e. The molecule has 2 rings (SSSR count). The van der Waals surface area contributed by atoms with Crippen LogP contribution in [0.5, 0.6) is 5.88 Å². The Labute approximate surface area is 75.5 Å². The highest BCUT2D eigenvalue weighted by atomic mass is 35.5. The second-order valence-electron chi connectivity index (χ2n) is 2.88. The summed E-state index contributed by atoms with van der Waals surface area (Å²) in [6, 6.07) is 3.28. The SMILES string of the molecule is Nc1cc(Cl)nc(OC2CC2)c1. The van der Waals surface area contributed by atoms with Crippen LogP contribution in [-0.4, -0.2) is 11.1 Å². The molecule has 0 amide bonds. The Morgan fingerprint density at radius 3 is 2.83 bits per heavy atom. The van der Waals surface area contributed by atoms with E-state index >= 15 is 0 Å². The standard InChI is InChI=1S/C8H9ClN2O/c9-7-3-5(10)4-8(11-7)12-6-1-2-6/h3-4,6H,1-2H2,(H2,10,11). The molecular weight excluding hydrogens is 176 g/mol. The lowest BCUT2D eigenvalue weighted by molar-refractivity contribution is 0.291. The van der Waals surface area contributed by atoms with E-state index in [1.54, 1.807) is 12.1 Å². The first kappa shape index (κ1) is 7.68. The number of hydrogen-bond donors (Lipinski definition) is 1. The first-order valence-corrected chi connectivity index (χ1v) is 4.21. The molecule has 4 heteroatoms. The normalized spacial score (nSPS) is 16.1. The summed E-state index contributed by atoms with van der Waals surface area (Å²) in [6.45, 7) is 0. The van der Waals surface area contributed by atoms with Gasteiger partial charge in [0.25, 0.3) is 0 Å². The van der Waals surface area contributed by atoms with Crippen LogP contribution in [0.2, 0.25) is 5.15 Å². The molecule has 2 N–H and O–H groups in total. The smallest absolute Gasteiger partial charge is 0.217 e. The molecule has 1 heterocycles. The molecule has 1 aromatic rings. The van der Waals surface area contributed by atoms with Gasteiger partial charge in [0.2, 0.25) is 5.88 Å². The molecule has 1 aromatic heterocycles. The minimum atomic E-state index is 0.329. The van der Waals surface area contributed by atoms with Gasteiger partial charge in [-0.15, -0.1) is 0 Å². The first-order valence-electron chi connectivity index (χ1n) is 3.84. The third-order valence-electron chi connectivity index (χ3n) is 1.60. The molecular formula is C8H9ClN2O. The number of nitrogen functional groups attached to an aromatic ring is 1. The number of pyridine rings is 1. The second kappa shape index (κ2) is 2.83. The van der Waals surface area contributed by atoms with Gasteiger partial charge in [0.15, 0.2) is 0 Å². The Balaban J connectivity index is 2.18. The van der Waals surface area contributed by atoms with Crippen LogP contribution in [0.4, 0.5) is 5.69 Å². The van der Waals surface area contributed by atoms with E-state index < -0.39 is 0 Å². The summed E-state index contributed by atoms with van der Waals surface area (Å²) in [6.07, 6.45) is 2.54. The third-order valence-corrected chi connectivity index (χ3v) is 1.80. The van der Waals surface area contributed by atoms with Crippen LogP contribution in [0.1, 0.15) is 12.8 Å². The number of ether oxygens (including phenoxy) is 1. The number of nitrogens with zero attached hydrogens (tertiary/aromatic N) is 1. The van der Waals surface area contributed by atoms with Crippen LogP contribution >= 0.6 is 11.6 Å². The average Bonchev–Trinajstić information content (AvgIpc) is 2.68. The Kier molecular flexibility index (Phi) is 1.81. The van der Waals surface area contributed by atoms with Crippen molar-refractivity contribution in [2.75, 3.05) is 5.73 Å². The van der Waals surface area contributed by atoms with Crippen molar-refractivity contribution in [1.29, 1.82) is 0 Å². The molecule has 0 bridgehead atoms. The minimum absolute atomic E-state index is 0.329. The summed E-state index contributed by atoms with van der Waals surface area (Å²) in [7, 11) is 0. The van der Waals surface area contributed by atoms with Gasteiger partial charge in [0, 0.05) is 11.8 Å². The van der Waals surface area contributed by atoms with Crippen molar-refractivity contribution < 1.29 is 4.74 Å². The maximum Gasteiger partial charge on any atom is 0.217 e. The monoisotopic (exact) mass is 184 g/mol. The molecule has 1 saturated carbocycles. The van der Waals surface area contributed by atoms with Gasteiger partial charge in [-0.05, 0) is 18.9 Å². The molecule has 0 spiro atoms. The topological polar surface area (TPSA) is 48.1 Å². The van der Waals surface area contributed by atoms with E-state index in [2.05, 4.69) is 4.98 Å². The van der Waals surface area contributed by atoms with E-state index in [0.29, 0.717) is 22.8 Å². The minimum Gasteiger partial charge on any atom is -0.474 e. The predicted octanol–water partition coefficient (Wildman–Crippen LogP) is 1.86. The van der Waals surface area contributed by atoms with E-state index in [4.69, 9.17) is 22.1 Å². The number of aromatic nitrogens is 1. The lowest BCUT2D eigenvalue weighted by Crippen LogP contribution is -1.99. The Bertz CT molecular complexity index is 279. The van der Waals surface area contributed by atoms with Crippen LogP contribution < -0.4 is 10.5 Å². The molecule has 0 radical (unpaired) electrons. The maximum absolute atomic E-state index is 5.68. The van der Waals surface area contributed by atoms with E-state index in [-0.39, 0.29) is 0 Å². The third kappa shape index (κ3) is 1.80.